The van der Waals surface area contributed by atoms with E-state index < -0.39 is 35.6 Å². The van der Waals surface area contributed by atoms with Crippen molar-refractivity contribution in [3.63, 3.8) is 0 Å². The van der Waals surface area contributed by atoms with Crippen molar-refractivity contribution >= 4 is 12.0 Å². The molecule has 3 nitrogen and oxygen atoms in total. The van der Waals surface area contributed by atoms with Gasteiger partial charge in [0.2, 0.25) is 0 Å². The van der Waals surface area contributed by atoms with E-state index in [1.54, 1.807) is 5.32 Å². The number of carbonyl (C=O) groups excluding carboxylic acids is 1. The molecule has 0 amide bonds. The summed E-state index contributed by atoms with van der Waals surface area (Å²) in [6, 6.07) is 0. The molecule has 0 spiro atoms. The van der Waals surface area contributed by atoms with Crippen LogP contribution in [0.2, 0.25) is 0 Å². The van der Waals surface area contributed by atoms with Gasteiger partial charge in [0.25, 0.3) is 5.78 Å². The molecular weight excluding hydrogens is 254 g/mol. The molecule has 1 aliphatic heterocycles. The molecule has 1 atom stereocenters. The van der Waals surface area contributed by atoms with Crippen LogP contribution in [0.15, 0.2) is 16.3 Å². The summed E-state index contributed by atoms with van der Waals surface area (Å²) in [5.74, 6) is -2.58. The summed E-state index contributed by atoms with van der Waals surface area (Å²) in [6.45, 7) is 1.21. The third-order valence-electron chi connectivity index (χ3n) is 1.84. The maximum absolute atomic E-state index is 12.4. The van der Waals surface area contributed by atoms with Gasteiger partial charge in [-0.05, 0) is 6.92 Å². The number of carbonyl (C=O) groups is 1. The fourth-order valence-electron chi connectivity index (χ4n) is 1.13. The van der Waals surface area contributed by atoms with Crippen molar-refractivity contribution in [2.75, 3.05) is 0 Å². The van der Waals surface area contributed by atoms with Crippen LogP contribution in [0.1, 0.15) is 6.92 Å². The van der Waals surface area contributed by atoms with Crippen molar-refractivity contribution < 1.29 is 31.1 Å². The van der Waals surface area contributed by atoms with Gasteiger partial charge in [-0.2, -0.15) is 26.3 Å². The molecule has 0 saturated carbocycles. The minimum absolute atomic E-state index is 0.291. The number of hydrogen-bond donors (Lipinski definition) is 1. The molecule has 17 heavy (non-hydrogen) atoms. The Morgan fingerprint density at radius 3 is 2.24 bits per heavy atom. The van der Waals surface area contributed by atoms with Crippen LogP contribution in [0, 0.1) is 0 Å². The van der Waals surface area contributed by atoms with E-state index in [4.69, 9.17) is 0 Å². The minimum atomic E-state index is -5.37. The summed E-state index contributed by atoms with van der Waals surface area (Å²) >= 11 is 0. The monoisotopic (exact) mass is 260 g/mol. The number of aliphatic imine (C=N–C) groups is 1. The van der Waals surface area contributed by atoms with E-state index in [1.165, 1.54) is 6.92 Å². The van der Waals surface area contributed by atoms with Crippen molar-refractivity contribution in [1.29, 1.82) is 0 Å². The summed E-state index contributed by atoms with van der Waals surface area (Å²) < 4.78 is 73.4. The number of nitrogens with one attached hydrogen (secondary N) is 1. The van der Waals surface area contributed by atoms with Gasteiger partial charge in [-0.15, -0.1) is 0 Å². The summed E-state index contributed by atoms with van der Waals surface area (Å²) in [5.41, 5.74) is -3.24. The molecule has 1 heterocycles. The molecule has 0 aromatic rings. The Bertz CT molecular complexity index is 392. The summed E-state index contributed by atoms with van der Waals surface area (Å²) in [4.78, 5) is 14.1. The number of ketones is 1. The van der Waals surface area contributed by atoms with Crippen molar-refractivity contribution in [2.24, 2.45) is 4.99 Å². The van der Waals surface area contributed by atoms with Crippen LogP contribution in [-0.4, -0.2) is 30.5 Å². The van der Waals surface area contributed by atoms with E-state index in [0.29, 0.717) is 6.21 Å². The van der Waals surface area contributed by atoms with Crippen LogP contribution in [-0.2, 0) is 4.79 Å². The smallest absolute Gasteiger partial charge is 0.359 e. The topological polar surface area (TPSA) is 41.5 Å². The molecule has 0 bridgehead atoms. The van der Waals surface area contributed by atoms with E-state index >= 15 is 0 Å². The number of alkyl halides is 6. The first-order valence-corrected chi connectivity index (χ1v) is 4.26. The van der Waals surface area contributed by atoms with E-state index in [0.717, 1.165) is 0 Å². The van der Waals surface area contributed by atoms with Gasteiger partial charge >= 0.3 is 12.4 Å². The highest BCUT2D eigenvalue weighted by Crippen LogP contribution is 2.31. The molecule has 0 radical (unpaired) electrons. The normalized spacial score (nSPS) is 21.5. The van der Waals surface area contributed by atoms with Gasteiger partial charge in [0.15, 0.2) is 0 Å². The molecular formula is C8H6F6N2O. The molecule has 0 aliphatic carbocycles. The van der Waals surface area contributed by atoms with E-state index in [2.05, 4.69) is 4.99 Å². The lowest BCUT2D eigenvalue weighted by atomic mass is 10.1. The first-order valence-electron chi connectivity index (χ1n) is 4.26. The van der Waals surface area contributed by atoms with Crippen LogP contribution >= 0.6 is 0 Å². The third kappa shape index (κ3) is 2.98. The van der Waals surface area contributed by atoms with Crippen LogP contribution in [0.3, 0.4) is 0 Å². The van der Waals surface area contributed by atoms with E-state index in [1.807, 2.05) is 0 Å². The van der Waals surface area contributed by atoms with Crippen molar-refractivity contribution in [1.82, 2.24) is 5.32 Å². The van der Waals surface area contributed by atoms with Crippen molar-refractivity contribution in [3.05, 3.63) is 11.3 Å². The number of hydrogen-bond acceptors (Lipinski definition) is 3. The lowest BCUT2D eigenvalue weighted by molar-refractivity contribution is -0.166. The highest BCUT2D eigenvalue weighted by atomic mass is 19.4. The quantitative estimate of drug-likeness (QED) is 0.732. The number of nitrogens with zero attached hydrogens (tertiary/aromatic N) is 1. The van der Waals surface area contributed by atoms with Gasteiger partial charge in [0.05, 0.1) is 5.57 Å². The number of rotatable bonds is 1. The van der Waals surface area contributed by atoms with Crippen molar-refractivity contribution in [3.8, 4) is 0 Å². The standard InChI is InChI=1S/C8H6F6N2O/c1-3-15-2-4(6(17)8(12,13)14)5(16-3)7(9,10)11/h2-3,16H,1H3. The minimum Gasteiger partial charge on any atom is -0.359 e. The van der Waals surface area contributed by atoms with Crippen molar-refractivity contribution in [2.45, 2.75) is 25.4 Å². The predicted molar refractivity (Wildman–Crippen MR) is 45.2 cm³/mol. The van der Waals surface area contributed by atoms with Crippen LogP contribution in [0.5, 0.6) is 0 Å². The fourth-order valence-corrected chi connectivity index (χ4v) is 1.13. The molecule has 1 rings (SSSR count). The largest absolute Gasteiger partial charge is 0.455 e. The zero-order valence-electron chi connectivity index (χ0n) is 8.28. The summed E-state index contributed by atoms with van der Waals surface area (Å²) in [6.07, 6.45) is -11.2. The molecule has 96 valence electrons. The average molecular weight is 260 g/mol. The first-order chi connectivity index (χ1) is 7.53. The second-order valence-electron chi connectivity index (χ2n) is 3.21. The van der Waals surface area contributed by atoms with Gasteiger partial charge < -0.3 is 5.32 Å². The number of halogens is 6. The van der Waals surface area contributed by atoms with E-state index in [-0.39, 0.29) is 0 Å². The molecule has 1 unspecified atom stereocenters. The highest BCUT2D eigenvalue weighted by Gasteiger charge is 2.47. The highest BCUT2D eigenvalue weighted by molar-refractivity contribution is 6.16. The molecule has 0 fully saturated rings. The SMILES string of the molecule is CC1N=CC(C(=O)C(F)(F)F)=C(C(F)(F)F)N1. The predicted octanol–water partition coefficient (Wildman–Crippen LogP) is 1.95. The third-order valence-corrected chi connectivity index (χ3v) is 1.84. The summed E-state index contributed by atoms with van der Waals surface area (Å²) in [5, 5.41) is 1.70. The van der Waals surface area contributed by atoms with Gasteiger partial charge in [-0.1, -0.05) is 0 Å². The Labute approximate surface area is 91.2 Å². The fraction of sp³-hybridized carbons (Fsp3) is 0.500. The second-order valence-corrected chi connectivity index (χ2v) is 3.21. The van der Waals surface area contributed by atoms with Crippen LogP contribution < -0.4 is 5.32 Å². The van der Waals surface area contributed by atoms with Crippen LogP contribution in [0.25, 0.3) is 0 Å². The zero-order chi connectivity index (χ0) is 13.4. The van der Waals surface area contributed by atoms with Gasteiger partial charge in [-0.25, -0.2) is 0 Å². The molecule has 0 aromatic heterocycles. The molecule has 0 saturated heterocycles. The molecule has 0 aromatic carbocycles. The lowest BCUT2D eigenvalue weighted by Crippen LogP contribution is -2.40. The number of Topliss-reactive ketones (excluding diaryl/α,β-unsaturated/α-hetero) is 1. The van der Waals surface area contributed by atoms with Gasteiger partial charge in [-0.3, -0.25) is 9.79 Å². The zero-order valence-corrected chi connectivity index (χ0v) is 8.28. The average Bonchev–Trinajstić information content (AvgIpc) is 2.14. The molecule has 1 N–H and O–H groups in total. The lowest BCUT2D eigenvalue weighted by Gasteiger charge is -2.23. The van der Waals surface area contributed by atoms with Crippen LogP contribution in [0.4, 0.5) is 26.3 Å². The Morgan fingerprint density at radius 1 is 1.29 bits per heavy atom. The Morgan fingerprint density at radius 2 is 1.82 bits per heavy atom. The molecule has 9 heteroatoms. The molecule has 1 aliphatic rings. The number of allylic oxidation sites excluding steroid dienone is 2. The maximum Gasteiger partial charge on any atom is 0.455 e. The maximum atomic E-state index is 12.4. The van der Waals surface area contributed by atoms with E-state index in [9.17, 15) is 31.1 Å². The van der Waals surface area contributed by atoms with Gasteiger partial charge in [0, 0.05) is 6.21 Å². The Kier molecular flexibility index (Phi) is 3.22. The first kappa shape index (κ1) is 13.5. The summed E-state index contributed by atoms with van der Waals surface area (Å²) in [7, 11) is 0. The van der Waals surface area contributed by atoms with Gasteiger partial charge in [0.1, 0.15) is 11.9 Å². The Balaban J connectivity index is 3.25. The second kappa shape index (κ2) is 4.04. The Hall–Kier alpha value is -1.54.